The van der Waals surface area contributed by atoms with Crippen LogP contribution in [0.4, 0.5) is 0 Å². The molecule has 0 spiro atoms. The van der Waals surface area contributed by atoms with Crippen molar-refractivity contribution in [1.82, 2.24) is 10.1 Å². The van der Waals surface area contributed by atoms with Crippen LogP contribution in [0.3, 0.4) is 0 Å². The Labute approximate surface area is 142 Å². The molecule has 2 aromatic rings. The van der Waals surface area contributed by atoms with Gasteiger partial charge in [0.2, 0.25) is 0 Å². The summed E-state index contributed by atoms with van der Waals surface area (Å²) in [5, 5.41) is 4.78. The summed E-state index contributed by atoms with van der Waals surface area (Å²) in [5.74, 6) is 1.82. The molecule has 1 aliphatic rings. The van der Waals surface area contributed by atoms with E-state index < -0.39 is 5.54 Å². The molecule has 3 rings (SSSR count). The maximum absolute atomic E-state index is 6.49. The van der Waals surface area contributed by atoms with Gasteiger partial charge in [0.05, 0.1) is 11.1 Å². The van der Waals surface area contributed by atoms with Crippen LogP contribution in [0.15, 0.2) is 22.7 Å². The molecule has 1 saturated carbocycles. The second-order valence-electron chi connectivity index (χ2n) is 5.89. The van der Waals surface area contributed by atoms with Crippen molar-refractivity contribution in [3.05, 3.63) is 32.6 Å². The van der Waals surface area contributed by atoms with Crippen LogP contribution in [0, 0.1) is 9.49 Å². The molecule has 112 valence electrons. The molecule has 1 aromatic carbocycles. The average molecular weight is 418 g/mol. The van der Waals surface area contributed by atoms with Crippen LogP contribution in [0.1, 0.15) is 38.4 Å². The highest BCUT2D eigenvalue weighted by Gasteiger charge is 2.36. The van der Waals surface area contributed by atoms with E-state index in [4.69, 9.17) is 21.9 Å². The van der Waals surface area contributed by atoms with Crippen molar-refractivity contribution in [3.8, 4) is 11.5 Å². The smallest absolute Gasteiger partial charge is 0.259 e. The summed E-state index contributed by atoms with van der Waals surface area (Å²) in [4.78, 5) is 4.54. The molecule has 0 bridgehead atoms. The molecule has 0 radical (unpaired) electrons. The molecule has 1 aliphatic carbocycles. The first-order chi connectivity index (χ1) is 9.98. The molecule has 6 heteroatoms. The van der Waals surface area contributed by atoms with Gasteiger partial charge in [0.25, 0.3) is 5.89 Å². The average Bonchev–Trinajstić information content (AvgIpc) is 2.95. The summed E-state index contributed by atoms with van der Waals surface area (Å²) in [6.45, 7) is 2.26. The molecule has 2 N–H and O–H groups in total. The maximum atomic E-state index is 6.49. The zero-order chi connectivity index (χ0) is 15.0. The molecule has 0 unspecified atom stereocenters. The summed E-state index contributed by atoms with van der Waals surface area (Å²) in [6, 6.07) is 5.62. The number of hydrogen-bond donors (Lipinski definition) is 1. The number of hydrogen-bond acceptors (Lipinski definition) is 4. The maximum Gasteiger partial charge on any atom is 0.259 e. The molecule has 0 amide bonds. The normalized spacial score (nSPS) is 26.0. The van der Waals surface area contributed by atoms with Gasteiger partial charge in [-0.3, -0.25) is 0 Å². The molecule has 1 heterocycles. The number of nitrogens with zero attached hydrogens (tertiary/aromatic N) is 2. The topological polar surface area (TPSA) is 64.9 Å². The summed E-state index contributed by atoms with van der Waals surface area (Å²) in [7, 11) is 0. The predicted octanol–water partition coefficient (Wildman–Crippen LogP) is 4.36. The van der Waals surface area contributed by atoms with Crippen molar-refractivity contribution in [3.63, 3.8) is 0 Å². The predicted molar refractivity (Wildman–Crippen MR) is 91.0 cm³/mol. The number of aromatic nitrogens is 2. The van der Waals surface area contributed by atoms with Crippen molar-refractivity contribution < 1.29 is 4.52 Å². The molecular weight excluding hydrogens is 401 g/mol. The van der Waals surface area contributed by atoms with Gasteiger partial charge in [-0.05, 0) is 72.4 Å². The van der Waals surface area contributed by atoms with Gasteiger partial charge in [0.15, 0.2) is 5.82 Å². The van der Waals surface area contributed by atoms with Crippen LogP contribution in [-0.4, -0.2) is 10.1 Å². The highest BCUT2D eigenvalue weighted by molar-refractivity contribution is 14.1. The van der Waals surface area contributed by atoms with Crippen LogP contribution in [0.2, 0.25) is 5.02 Å². The minimum atomic E-state index is -0.460. The molecule has 1 fully saturated rings. The van der Waals surface area contributed by atoms with Gasteiger partial charge in [0.1, 0.15) is 0 Å². The molecule has 0 aliphatic heterocycles. The Morgan fingerprint density at radius 2 is 2.10 bits per heavy atom. The Bertz CT molecular complexity index is 650. The first kappa shape index (κ1) is 15.2. The molecular formula is C15H17ClIN3O. The van der Waals surface area contributed by atoms with E-state index in [1.807, 2.05) is 18.2 Å². The standard InChI is InChI=1S/C15H17ClIN3O/c1-9-4-6-15(18,7-5-9)14-19-13(21-20-14)11-8-10(16)2-3-12(11)17/h2-3,8-9H,4-7,18H2,1H3. The lowest BCUT2D eigenvalue weighted by Crippen LogP contribution is -2.41. The SMILES string of the molecule is CC1CCC(N)(c2noc(-c3cc(Cl)ccc3I)n2)CC1. The fraction of sp³-hybridized carbons (Fsp3) is 0.467. The Balaban J connectivity index is 1.91. The van der Waals surface area contributed by atoms with E-state index in [-0.39, 0.29) is 0 Å². The minimum absolute atomic E-state index is 0.460. The number of halogens is 2. The van der Waals surface area contributed by atoms with Gasteiger partial charge in [-0.1, -0.05) is 23.7 Å². The van der Waals surface area contributed by atoms with Crippen molar-refractivity contribution >= 4 is 34.2 Å². The third-order valence-corrected chi connectivity index (χ3v) is 5.37. The molecule has 1 aromatic heterocycles. The largest absolute Gasteiger partial charge is 0.334 e. The van der Waals surface area contributed by atoms with Crippen molar-refractivity contribution in [2.75, 3.05) is 0 Å². The van der Waals surface area contributed by atoms with Gasteiger partial charge < -0.3 is 10.3 Å². The van der Waals surface area contributed by atoms with Crippen LogP contribution in [0.5, 0.6) is 0 Å². The summed E-state index contributed by atoms with van der Waals surface area (Å²) < 4.78 is 6.45. The fourth-order valence-electron chi connectivity index (χ4n) is 2.70. The Kier molecular flexibility index (Phi) is 4.25. The lowest BCUT2D eigenvalue weighted by Gasteiger charge is -2.33. The van der Waals surface area contributed by atoms with Crippen LogP contribution < -0.4 is 5.73 Å². The minimum Gasteiger partial charge on any atom is -0.334 e. The van der Waals surface area contributed by atoms with E-state index in [9.17, 15) is 0 Å². The second-order valence-corrected chi connectivity index (χ2v) is 7.48. The van der Waals surface area contributed by atoms with Crippen LogP contribution in [-0.2, 0) is 5.54 Å². The van der Waals surface area contributed by atoms with Gasteiger partial charge in [-0.15, -0.1) is 0 Å². The number of rotatable bonds is 2. The highest BCUT2D eigenvalue weighted by Crippen LogP contribution is 2.37. The van der Waals surface area contributed by atoms with Gasteiger partial charge in [-0.25, -0.2) is 0 Å². The summed E-state index contributed by atoms with van der Waals surface area (Å²) in [5.41, 5.74) is 6.89. The molecule has 0 atom stereocenters. The lowest BCUT2D eigenvalue weighted by molar-refractivity contribution is 0.230. The third-order valence-electron chi connectivity index (χ3n) is 4.20. The van der Waals surface area contributed by atoms with Crippen molar-refractivity contribution in [2.24, 2.45) is 11.7 Å². The Morgan fingerprint density at radius 1 is 1.38 bits per heavy atom. The molecule has 4 nitrogen and oxygen atoms in total. The Hall–Kier alpha value is -0.660. The number of benzene rings is 1. The van der Waals surface area contributed by atoms with Gasteiger partial charge >= 0.3 is 0 Å². The van der Waals surface area contributed by atoms with E-state index in [1.165, 1.54) is 0 Å². The zero-order valence-corrected chi connectivity index (χ0v) is 14.7. The zero-order valence-electron chi connectivity index (χ0n) is 11.8. The third kappa shape index (κ3) is 3.10. The van der Waals surface area contributed by atoms with E-state index in [0.717, 1.165) is 40.7 Å². The Morgan fingerprint density at radius 3 is 2.81 bits per heavy atom. The molecule has 21 heavy (non-hydrogen) atoms. The van der Waals surface area contributed by atoms with E-state index in [0.29, 0.717) is 16.7 Å². The first-order valence-corrected chi connectivity index (χ1v) is 8.52. The lowest BCUT2D eigenvalue weighted by atomic mass is 9.77. The second kappa shape index (κ2) is 5.85. The summed E-state index contributed by atoms with van der Waals surface area (Å²) >= 11 is 8.28. The van der Waals surface area contributed by atoms with Gasteiger partial charge in [0, 0.05) is 8.59 Å². The van der Waals surface area contributed by atoms with Gasteiger partial charge in [-0.2, -0.15) is 4.98 Å². The van der Waals surface area contributed by atoms with Crippen molar-refractivity contribution in [1.29, 1.82) is 0 Å². The fourth-order valence-corrected chi connectivity index (χ4v) is 3.44. The van der Waals surface area contributed by atoms with E-state index in [2.05, 4.69) is 39.7 Å². The van der Waals surface area contributed by atoms with Crippen LogP contribution in [0.25, 0.3) is 11.5 Å². The monoisotopic (exact) mass is 417 g/mol. The summed E-state index contributed by atoms with van der Waals surface area (Å²) in [6.07, 6.45) is 4.02. The van der Waals surface area contributed by atoms with Crippen molar-refractivity contribution in [2.45, 2.75) is 38.1 Å². The van der Waals surface area contributed by atoms with E-state index >= 15 is 0 Å². The van der Waals surface area contributed by atoms with E-state index in [1.54, 1.807) is 0 Å². The van der Waals surface area contributed by atoms with Crippen LogP contribution >= 0.6 is 34.2 Å². The first-order valence-electron chi connectivity index (χ1n) is 7.06. The quantitative estimate of drug-likeness (QED) is 0.738. The highest BCUT2D eigenvalue weighted by atomic mass is 127. The number of nitrogens with two attached hydrogens (primary N) is 1. The molecule has 0 saturated heterocycles.